The van der Waals surface area contributed by atoms with Gasteiger partial charge in [0.1, 0.15) is 11.5 Å². The number of phenols is 1. The summed E-state index contributed by atoms with van der Waals surface area (Å²) in [5.41, 5.74) is 6.42. The topological polar surface area (TPSA) is 84.6 Å². The molecule has 0 bridgehead atoms. The number of ether oxygens (including phenoxy) is 1. The van der Waals surface area contributed by atoms with Crippen LogP contribution in [0.4, 0.5) is 11.4 Å². The molecular weight excluding hydrogens is 280 g/mol. The third kappa shape index (κ3) is 2.95. The van der Waals surface area contributed by atoms with Crippen LogP contribution in [0.3, 0.4) is 0 Å². The minimum Gasteiger partial charge on any atom is -0.506 e. The van der Waals surface area contributed by atoms with Crippen LogP contribution in [0, 0.1) is 0 Å². The van der Waals surface area contributed by atoms with E-state index in [-0.39, 0.29) is 17.0 Å². The molecule has 0 fully saturated rings. The summed E-state index contributed by atoms with van der Waals surface area (Å²) in [4.78, 5) is 12.1. The highest BCUT2D eigenvalue weighted by Crippen LogP contribution is 2.28. The summed E-state index contributed by atoms with van der Waals surface area (Å²) in [5, 5.41) is 12.6. The van der Waals surface area contributed by atoms with E-state index >= 15 is 0 Å². The Morgan fingerprint density at radius 2 is 2.05 bits per heavy atom. The van der Waals surface area contributed by atoms with Crippen molar-refractivity contribution in [3.63, 3.8) is 0 Å². The number of hydrogen-bond donors (Lipinski definition) is 3. The Balaban J connectivity index is 2.27. The smallest absolute Gasteiger partial charge is 0.255 e. The van der Waals surface area contributed by atoms with Crippen molar-refractivity contribution >= 4 is 28.9 Å². The van der Waals surface area contributed by atoms with Gasteiger partial charge in [0.15, 0.2) is 0 Å². The lowest BCUT2D eigenvalue weighted by Gasteiger charge is -2.11. The molecule has 0 radical (unpaired) electrons. The molecule has 2 aromatic rings. The first kappa shape index (κ1) is 14.0. The maximum Gasteiger partial charge on any atom is 0.255 e. The third-order valence-electron chi connectivity index (χ3n) is 2.70. The number of anilines is 2. The van der Waals surface area contributed by atoms with Gasteiger partial charge in [0, 0.05) is 10.6 Å². The lowest BCUT2D eigenvalue weighted by atomic mass is 10.1. The molecule has 104 valence electrons. The van der Waals surface area contributed by atoms with Crippen molar-refractivity contribution in [2.24, 2.45) is 0 Å². The summed E-state index contributed by atoms with van der Waals surface area (Å²) in [5.74, 6) is -0.0565. The number of benzene rings is 2. The van der Waals surface area contributed by atoms with E-state index in [1.54, 1.807) is 18.2 Å². The molecule has 20 heavy (non-hydrogen) atoms. The molecule has 4 N–H and O–H groups in total. The summed E-state index contributed by atoms with van der Waals surface area (Å²) in [6.07, 6.45) is 0. The number of rotatable bonds is 3. The fraction of sp³-hybridized carbons (Fsp3) is 0.0714. The number of halogens is 1. The number of carbonyl (C=O) groups excluding carboxylic acids is 1. The minimum absolute atomic E-state index is 0.143. The maximum absolute atomic E-state index is 12.1. The van der Waals surface area contributed by atoms with Crippen LogP contribution in [0.1, 0.15) is 10.4 Å². The zero-order valence-corrected chi connectivity index (χ0v) is 11.4. The largest absolute Gasteiger partial charge is 0.506 e. The van der Waals surface area contributed by atoms with Crippen molar-refractivity contribution in [3.8, 4) is 11.5 Å². The first-order chi connectivity index (χ1) is 9.51. The summed E-state index contributed by atoms with van der Waals surface area (Å²) in [6, 6.07) is 9.15. The van der Waals surface area contributed by atoms with Crippen molar-refractivity contribution in [3.05, 3.63) is 47.0 Å². The maximum atomic E-state index is 12.1. The molecule has 0 aliphatic rings. The number of nitrogens with one attached hydrogen (secondary N) is 1. The fourth-order valence-corrected chi connectivity index (χ4v) is 1.83. The normalized spacial score (nSPS) is 10.1. The van der Waals surface area contributed by atoms with E-state index in [9.17, 15) is 9.90 Å². The molecule has 0 aromatic heterocycles. The van der Waals surface area contributed by atoms with Gasteiger partial charge in [-0.15, -0.1) is 0 Å². The molecule has 0 saturated heterocycles. The standard InChI is InChI=1S/C14H13ClN2O3/c1-20-13-5-3-9(15)7-11(13)17-14(19)8-2-4-10(16)12(18)6-8/h2-7,18H,16H2,1H3,(H,17,19). The van der Waals surface area contributed by atoms with Crippen LogP contribution in [0.25, 0.3) is 0 Å². The fourth-order valence-electron chi connectivity index (χ4n) is 1.66. The molecule has 2 rings (SSSR count). The molecule has 6 heteroatoms. The average Bonchev–Trinajstić information content (AvgIpc) is 2.42. The average molecular weight is 293 g/mol. The van der Waals surface area contributed by atoms with Gasteiger partial charge >= 0.3 is 0 Å². The Morgan fingerprint density at radius 1 is 1.30 bits per heavy atom. The molecule has 0 heterocycles. The Hall–Kier alpha value is -2.40. The number of nitrogens with two attached hydrogens (primary N) is 1. The van der Waals surface area contributed by atoms with E-state index < -0.39 is 5.91 Å². The summed E-state index contributed by atoms with van der Waals surface area (Å²) >= 11 is 5.89. The number of carbonyl (C=O) groups is 1. The zero-order chi connectivity index (χ0) is 14.7. The Morgan fingerprint density at radius 3 is 2.70 bits per heavy atom. The molecule has 0 aliphatic carbocycles. The van der Waals surface area contributed by atoms with Crippen molar-refractivity contribution in [2.45, 2.75) is 0 Å². The second-order valence-electron chi connectivity index (χ2n) is 4.07. The molecule has 0 saturated carbocycles. The lowest BCUT2D eigenvalue weighted by Crippen LogP contribution is -2.12. The predicted molar refractivity (Wildman–Crippen MR) is 78.5 cm³/mol. The second-order valence-corrected chi connectivity index (χ2v) is 4.51. The highest BCUT2D eigenvalue weighted by molar-refractivity contribution is 6.31. The Bertz CT molecular complexity index is 659. The van der Waals surface area contributed by atoms with E-state index in [1.165, 1.54) is 25.3 Å². The van der Waals surface area contributed by atoms with Crippen LogP contribution in [0.2, 0.25) is 5.02 Å². The van der Waals surface area contributed by atoms with Gasteiger partial charge in [-0.2, -0.15) is 0 Å². The SMILES string of the molecule is COc1ccc(Cl)cc1NC(=O)c1ccc(N)c(O)c1. The number of hydrogen-bond acceptors (Lipinski definition) is 4. The molecule has 0 aliphatic heterocycles. The highest BCUT2D eigenvalue weighted by Gasteiger charge is 2.11. The van der Waals surface area contributed by atoms with Crippen LogP contribution in [0.15, 0.2) is 36.4 Å². The number of amides is 1. The molecular formula is C14H13ClN2O3. The van der Waals surface area contributed by atoms with Crippen LogP contribution >= 0.6 is 11.6 Å². The molecule has 0 atom stereocenters. The van der Waals surface area contributed by atoms with Crippen LogP contribution in [0.5, 0.6) is 11.5 Å². The van der Waals surface area contributed by atoms with Crippen LogP contribution in [-0.4, -0.2) is 18.1 Å². The number of aromatic hydroxyl groups is 1. The summed E-state index contributed by atoms with van der Waals surface area (Å²) in [6.45, 7) is 0. The first-order valence-corrected chi connectivity index (χ1v) is 6.12. The monoisotopic (exact) mass is 292 g/mol. The van der Waals surface area contributed by atoms with E-state index in [0.717, 1.165) is 0 Å². The molecule has 2 aromatic carbocycles. The summed E-state index contributed by atoms with van der Waals surface area (Å²) < 4.78 is 5.14. The molecule has 5 nitrogen and oxygen atoms in total. The van der Waals surface area contributed by atoms with E-state index in [1.807, 2.05) is 0 Å². The minimum atomic E-state index is -0.402. The van der Waals surface area contributed by atoms with Crippen molar-refractivity contribution < 1.29 is 14.6 Å². The van der Waals surface area contributed by atoms with E-state index in [4.69, 9.17) is 22.1 Å². The van der Waals surface area contributed by atoms with E-state index in [2.05, 4.69) is 5.32 Å². The molecule has 1 amide bonds. The van der Waals surface area contributed by atoms with Gasteiger partial charge in [-0.3, -0.25) is 4.79 Å². The number of nitrogen functional groups attached to an aromatic ring is 1. The van der Waals surface area contributed by atoms with Gasteiger partial charge in [-0.25, -0.2) is 0 Å². The number of methoxy groups -OCH3 is 1. The van der Waals surface area contributed by atoms with Gasteiger partial charge in [0.25, 0.3) is 5.91 Å². The Labute approximate surface area is 120 Å². The number of phenolic OH excluding ortho intramolecular Hbond substituents is 1. The molecule has 0 spiro atoms. The van der Waals surface area contributed by atoms with Gasteiger partial charge in [-0.1, -0.05) is 11.6 Å². The van der Waals surface area contributed by atoms with Crippen LogP contribution in [-0.2, 0) is 0 Å². The van der Waals surface area contributed by atoms with Crippen molar-refractivity contribution in [1.29, 1.82) is 0 Å². The first-order valence-electron chi connectivity index (χ1n) is 5.74. The zero-order valence-electron chi connectivity index (χ0n) is 10.7. The Kier molecular flexibility index (Phi) is 4.00. The van der Waals surface area contributed by atoms with Crippen molar-refractivity contribution in [1.82, 2.24) is 0 Å². The lowest BCUT2D eigenvalue weighted by molar-refractivity contribution is 0.102. The van der Waals surface area contributed by atoms with Gasteiger partial charge in [-0.05, 0) is 36.4 Å². The van der Waals surface area contributed by atoms with Crippen LogP contribution < -0.4 is 15.8 Å². The van der Waals surface area contributed by atoms with Gasteiger partial charge in [0.05, 0.1) is 18.5 Å². The quantitative estimate of drug-likeness (QED) is 0.600. The van der Waals surface area contributed by atoms with E-state index in [0.29, 0.717) is 16.5 Å². The third-order valence-corrected chi connectivity index (χ3v) is 2.94. The predicted octanol–water partition coefficient (Wildman–Crippen LogP) is 2.89. The highest BCUT2D eigenvalue weighted by atomic mass is 35.5. The van der Waals surface area contributed by atoms with Gasteiger partial charge in [0.2, 0.25) is 0 Å². The summed E-state index contributed by atoms with van der Waals surface area (Å²) in [7, 11) is 1.49. The molecule has 0 unspecified atom stereocenters. The van der Waals surface area contributed by atoms with Gasteiger partial charge < -0.3 is 20.9 Å². The van der Waals surface area contributed by atoms with Crippen molar-refractivity contribution in [2.75, 3.05) is 18.2 Å². The second kappa shape index (κ2) is 5.71.